The van der Waals surface area contributed by atoms with Gasteiger partial charge in [0.15, 0.2) is 11.6 Å². The van der Waals surface area contributed by atoms with Crippen molar-refractivity contribution >= 4 is 16.7 Å². The van der Waals surface area contributed by atoms with Gasteiger partial charge in [-0.3, -0.25) is 4.79 Å². The van der Waals surface area contributed by atoms with Crippen LogP contribution in [0.2, 0.25) is 0 Å². The van der Waals surface area contributed by atoms with E-state index < -0.39 is 5.82 Å². The Morgan fingerprint density at radius 1 is 1.08 bits per heavy atom. The largest absolute Gasteiger partial charge is 0.494 e. The normalized spacial score (nSPS) is 10.7. The number of hydrogen-bond acceptors (Lipinski definition) is 2. The third-order valence-corrected chi connectivity index (χ3v) is 4.55. The van der Waals surface area contributed by atoms with Gasteiger partial charge >= 0.3 is 0 Å². The first kappa shape index (κ1) is 17.9. The van der Waals surface area contributed by atoms with E-state index in [0.29, 0.717) is 19.5 Å². The quantitative estimate of drug-likeness (QED) is 0.651. The number of carbonyl (C=O) groups excluding carboxylic acids is 1. The molecule has 0 heterocycles. The van der Waals surface area contributed by atoms with Crippen LogP contribution in [-0.4, -0.2) is 24.5 Å². The first-order valence-electron chi connectivity index (χ1n) is 8.69. The zero-order valence-corrected chi connectivity index (χ0v) is 15.0. The van der Waals surface area contributed by atoms with Gasteiger partial charge in [-0.05, 0) is 41.0 Å². The van der Waals surface area contributed by atoms with E-state index in [-0.39, 0.29) is 11.7 Å². The maximum absolute atomic E-state index is 13.9. The van der Waals surface area contributed by atoms with E-state index in [0.717, 1.165) is 21.9 Å². The van der Waals surface area contributed by atoms with Gasteiger partial charge in [-0.2, -0.15) is 0 Å². The van der Waals surface area contributed by atoms with Gasteiger partial charge in [-0.15, -0.1) is 0 Å². The van der Waals surface area contributed by atoms with Crippen LogP contribution in [0, 0.1) is 5.82 Å². The van der Waals surface area contributed by atoms with Crippen LogP contribution in [0.3, 0.4) is 0 Å². The SMILES string of the molecule is CCN(Cc1ccc(OC)c(F)c1)C(=O)Cc1cccc2ccccc12. The van der Waals surface area contributed by atoms with Gasteiger partial charge < -0.3 is 9.64 Å². The fourth-order valence-electron chi connectivity index (χ4n) is 3.13. The van der Waals surface area contributed by atoms with Crippen LogP contribution in [0.25, 0.3) is 10.8 Å². The van der Waals surface area contributed by atoms with E-state index in [1.54, 1.807) is 17.0 Å². The summed E-state index contributed by atoms with van der Waals surface area (Å²) in [7, 11) is 1.43. The number of halogens is 1. The van der Waals surface area contributed by atoms with E-state index in [9.17, 15) is 9.18 Å². The summed E-state index contributed by atoms with van der Waals surface area (Å²) in [5.41, 5.74) is 1.75. The second-order valence-corrected chi connectivity index (χ2v) is 6.19. The molecule has 4 heteroatoms. The van der Waals surface area contributed by atoms with Gasteiger partial charge in [0.25, 0.3) is 0 Å². The van der Waals surface area contributed by atoms with E-state index in [1.165, 1.54) is 13.2 Å². The Balaban J connectivity index is 1.77. The number of methoxy groups -OCH3 is 1. The predicted molar refractivity (Wildman–Crippen MR) is 102 cm³/mol. The number of rotatable bonds is 6. The molecule has 0 aliphatic rings. The standard InChI is InChI=1S/C22H22FNO2/c1-3-24(15-16-11-12-21(26-2)20(23)13-16)22(25)14-18-9-6-8-17-7-4-5-10-19(17)18/h4-13H,3,14-15H2,1-2H3. The number of hydrogen-bond donors (Lipinski definition) is 0. The molecule has 26 heavy (non-hydrogen) atoms. The second kappa shape index (κ2) is 8.00. The van der Waals surface area contributed by atoms with E-state index in [2.05, 4.69) is 0 Å². The van der Waals surface area contributed by atoms with Gasteiger partial charge in [-0.25, -0.2) is 4.39 Å². The van der Waals surface area contributed by atoms with Crippen LogP contribution < -0.4 is 4.74 Å². The van der Waals surface area contributed by atoms with Crippen LogP contribution in [-0.2, 0) is 17.8 Å². The van der Waals surface area contributed by atoms with Gasteiger partial charge in [0.2, 0.25) is 5.91 Å². The monoisotopic (exact) mass is 351 g/mol. The molecule has 0 N–H and O–H groups in total. The minimum absolute atomic E-state index is 0.0279. The summed E-state index contributed by atoms with van der Waals surface area (Å²) in [5.74, 6) is -0.179. The Bertz CT molecular complexity index is 918. The van der Waals surface area contributed by atoms with E-state index in [1.807, 2.05) is 49.4 Å². The molecule has 0 radical (unpaired) electrons. The van der Waals surface area contributed by atoms with Crippen LogP contribution >= 0.6 is 0 Å². The molecule has 0 fully saturated rings. The molecule has 0 unspecified atom stereocenters. The fraction of sp³-hybridized carbons (Fsp3) is 0.227. The summed E-state index contributed by atoms with van der Waals surface area (Å²) < 4.78 is 18.8. The van der Waals surface area contributed by atoms with Crippen LogP contribution in [0.15, 0.2) is 60.7 Å². The molecular formula is C22H22FNO2. The van der Waals surface area contributed by atoms with Crippen molar-refractivity contribution in [3.8, 4) is 5.75 Å². The number of ether oxygens (including phenoxy) is 1. The molecule has 0 aliphatic heterocycles. The van der Waals surface area contributed by atoms with Gasteiger partial charge in [-0.1, -0.05) is 48.5 Å². The van der Waals surface area contributed by atoms with Crippen LogP contribution in [0.5, 0.6) is 5.75 Å². The topological polar surface area (TPSA) is 29.5 Å². The lowest BCUT2D eigenvalue weighted by Crippen LogP contribution is -2.31. The molecule has 3 nitrogen and oxygen atoms in total. The third kappa shape index (κ3) is 3.85. The molecule has 3 rings (SSSR count). The summed E-state index contributed by atoms with van der Waals surface area (Å²) in [5, 5.41) is 2.22. The van der Waals surface area contributed by atoms with Crippen molar-refractivity contribution in [2.45, 2.75) is 19.9 Å². The van der Waals surface area contributed by atoms with Crippen molar-refractivity contribution in [2.24, 2.45) is 0 Å². The summed E-state index contributed by atoms with van der Waals surface area (Å²) in [6.45, 7) is 2.87. The number of likely N-dealkylation sites (N-methyl/N-ethyl adjacent to an activating group) is 1. The third-order valence-electron chi connectivity index (χ3n) is 4.55. The van der Waals surface area contributed by atoms with Crippen LogP contribution in [0.1, 0.15) is 18.1 Å². The molecule has 0 spiro atoms. The fourth-order valence-corrected chi connectivity index (χ4v) is 3.13. The Morgan fingerprint density at radius 2 is 1.85 bits per heavy atom. The molecular weight excluding hydrogens is 329 g/mol. The van der Waals surface area contributed by atoms with Crippen molar-refractivity contribution < 1.29 is 13.9 Å². The first-order chi connectivity index (χ1) is 12.6. The lowest BCUT2D eigenvalue weighted by atomic mass is 10.0. The lowest BCUT2D eigenvalue weighted by molar-refractivity contribution is -0.130. The summed E-state index contributed by atoms with van der Waals surface area (Å²) >= 11 is 0. The molecule has 0 saturated heterocycles. The Labute approximate surface area is 153 Å². The Hall–Kier alpha value is -2.88. The minimum Gasteiger partial charge on any atom is -0.494 e. The summed E-state index contributed by atoms with van der Waals surface area (Å²) in [4.78, 5) is 14.5. The number of amides is 1. The second-order valence-electron chi connectivity index (χ2n) is 6.19. The van der Waals surface area contributed by atoms with E-state index >= 15 is 0 Å². The Kier molecular flexibility index (Phi) is 5.52. The molecule has 0 atom stereocenters. The summed E-state index contributed by atoms with van der Waals surface area (Å²) in [6.07, 6.45) is 0.327. The highest BCUT2D eigenvalue weighted by Crippen LogP contribution is 2.21. The van der Waals surface area contributed by atoms with Crippen molar-refractivity contribution in [1.29, 1.82) is 0 Å². The predicted octanol–water partition coefficient (Wildman–Crippen LogP) is 4.58. The molecule has 0 saturated carbocycles. The zero-order valence-electron chi connectivity index (χ0n) is 15.0. The van der Waals surface area contributed by atoms with Crippen molar-refractivity contribution in [3.05, 3.63) is 77.6 Å². The van der Waals surface area contributed by atoms with Crippen molar-refractivity contribution in [2.75, 3.05) is 13.7 Å². The van der Waals surface area contributed by atoms with Gasteiger partial charge in [0, 0.05) is 13.1 Å². The molecule has 134 valence electrons. The Morgan fingerprint density at radius 3 is 2.58 bits per heavy atom. The first-order valence-corrected chi connectivity index (χ1v) is 8.69. The summed E-state index contributed by atoms with van der Waals surface area (Å²) in [6, 6.07) is 18.9. The zero-order chi connectivity index (χ0) is 18.5. The number of carbonyl (C=O) groups is 1. The van der Waals surface area contributed by atoms with Gasteiger partial charge in [0.05, 0.1) is 13.5 Å². The minimum atomic E-state index is -0.414. The number of benzene rings is 3. The molecule has 0 aliphatic carbocycles. The number of fused-ring (bicyclic) bond motifs is 1. The molecule has 3 aromatic carbocycles. The molecule has 3 aromatic rings. The van der Waals surface area contributed by atoms with Crippen molar-refractivity contribution in [1.82, 2.24) is 4.90 Å². The average Bonchev–Trinajstić information content (AvgIpc) is 2.66. The van der Waals surface area contributed by atoms with E-state index in [4.69, 9.17) is 4.74 Å². The van der Waals surface area contributed by atoms with Crippen LogP contribution in [0.4, 0.5) is 4.39 Å². The highest BCUT2D eigenvalue weighted by Gasteiger charge is 2.15. The molecule has 0 aromatic heterocycles. The maximum atomic E-state index is 13.9. The van der Waals surface area contributed by atoms with Crippen molar-refractivity contribution in [3.63, 3.8) is 0 Å². The lowest BCUT2D eigenvalue weighted by Gasteiger charge is -2.22. The highest BCUT2D eigenvalue weighted by molar-refractivity contribution is 5.90. The maximum Gasteiger partial charge on any atom is 0.227 e. The smallest absolute Gasteiger partial charge is 0.227 e. The molecule has 0 bridgehead atoms. The highest BCUT2D eigenvalue weighted by atomic mass is 19.1. The average molecular weight is 351 g/mol. The number of nitrogens with zero attached hydrogens (tertiary/aromatic N) is 1. The molecule has 1 amide bonds. The van der Waals surface area contributed by atoms with Gasteiger partial charge in [0.1, 0.15) is 0 Å².